The van der Waals surface area contributed by atoms with Crippen molar-refractivity contribution in [2.24, 2.45) is 5.10 Å². The predicted molar refractivity (Wildman–Crippen MR) is 78.3 cm³/mol. The van der Waals surface area contributed by atoms with E-state index >= 15 is 0 Å². The maximum Gasteiger partial charge on any atom is 0.348 e. The number of imidazole rings is 1. The van der Waals surface area contributed by atoms with Gasteiger partial charge in [0.15, 0.2) is 23.0 Å². The fourth-order valence-electron chi connectivity index (χ4n) is 2.10. The minimum absolute atomic E-state index is 0.226. The Labute approximate surface area is 123 Å². The van der Waals surface area contributed by atoms with Crippen LogP contribution in [0.15, 0.2) is 34.4 Å². The van der Waals surface area contributed by atoms with E-state index in [9.17, 15) is 4.79 Å². The van der Waals surface area contributed by atoms with E-state index < -0.39 is 5.69 Å². The monoisotopic (exact) mass is 298 g/mol. The molecule has 0 aliphatic carbocycles. The molecule has 3 N–H and O–H groups in total. The molecule has 22 heavy (non-hydrogen) atoms. The van der Waals surface area contributed by atoms with Crippen LogP contribution in [0.5, 0.6) is 11.5 Å². The number of anilines is 1. The summed E-state index contributed by atoms with van der Waals surface area (Å²) in [6.07, 6.45) is 3.06. The summed E-state index contributed by atoms with van der Waals surface area (Å²) in [5.74, 6) is 1.78. The third-order valence-corrected chi connectivity index (χ3v) is 3.10. The van der Waals surface area contributed by atoms with E-state index in [4.69, 9.17) is 9.47 Å². The normalized spacial score (nSPS) is 13.1. The van der Waals surface area contributed by atoms with Gasteiger partial charge in [0, 0.05) is 0 Å². The van der Waals surface area contributed by atoms with E-state index in [1.807, 2.05) is 18.2 Å². The van der Waals surface area contributed by atoms with E-state index in [-0.39, 0.29) is 6.79 Å². The molecule has 4 rings (SSSR count). The van der Waals surface area contributed by atoms with Crippen molar-refractivity contribution in [1.29, 1.82) is 0 Å². The fourth-order valence-corrected chi connectivity index (χ4v) is 2.10. The van der Waals surface area contributed by atoms with Crippen molar-refractivity contribution in [3.63, 3.8) is 0 Å². The summed E-state index contributed by atoms with van der Waals surface area (Å²) in [6, 6.07) is 5.47. The van der Waals surface area contributed by atoms with Gasteiger partial charge in [-0.15, -0.1) is 0 Å². The minimum Gasteiger partial charge on any atom is -0.454 e. The Morgan fingerprint density at radius 2 is 2.23 bits per heavy atom. The molecule has 0 unspecified atom stereocenters. The van der Waals surface area contributed by atoms with Crippen molar-refractivity contribution in [3.05, 3.63) is 40.6 Å². The second kappa shape index (κ2) is 4.88. The van der Waals surface area contributed by atoms with Gasteiger partial charge in [0.25, 0.3) is 0 Å². The number of nitrogens with one attached hydrogen (secondary N) is 3. The average molecular weight is 298 g/mol. The number of aromatic nitrogens is 4. The van der Waals surface area contributed by atoms with Crippen LogP contribution in [0.4, 0.5) is 5.82 Å². The molecule has 1 aliphatic heterocycles. The lowest BCUT2D eigenvalue weighted by Crippen LogP contribution is -2.12. The Morgan fingerprint density at radius 1 is 1.32 bits per heavy atom. The van der Waals surface area contributed by atoms with Crippen molar-refractivity contribution < 1.29 is 9.47 Å². The Bertz CT molecular complexity index is 929. The molecular formula is C13H10N6O3. The highest BCUT2D eigenvalue weighted by atomic mass is 16.7. The van der Waals surface area contributed by atoms with Crippen LogP contribution in [0, 0.1) is 0 Å². The highest BCUT2D eigenvalue weighted by Crippen LogP contribution is 2.31. The lowest BCUT2D eigenvalue weighted by atomic mass is 10.2. The first-order chi connectivity index (χ1) is 10.8. The van der Waals surface area contributed by atoms with Crippen molar-refractivity contribution in [3.8, 4) is 11.5 Å². The summed E-state index contributed by atoms with van der Waals surface area (Å²) in [4.78, 5) is 24.5. The molecule has 1 aromatic carbocycles. The maximum absolute atomic E-state index is 11.4. The van der Waals surface area contributed by atoms with Crippen LogP contribution in [0.25, 0.3) is 11.2 Å². The SMILES string of the molecule is O=c1nc2nc[nH]c2c(NN=Cc2ccc3c(c2)OCO3)[nH]1. The molecule has 9 heteroatoms. The lowest BCUT2D eigenvalue weighted by Gasteiger charge is -2.01. The molecule has 0 spiro atoms. The number of aromatic amines is 2. The highest BCUT2D eigenvalue weighted by molar-refractivity contribution is 5.84. The molecule has 2 aromatic heterocycles. The first-order valence-corrected chi connectivity index (χ1v) is 6.42. The molecule has 1 aliphatic rings. The zero-order valence-electron chi connectivity index (χ0n) is 11.2. The number of hydrogen-bond donors (Lipinski definition) is 3. The number of hydrazone groups is 1. The summed E-state index contributed by atoms with van der Waals surface area (Å²) in [5.41, 5.74) is 3.98. The number of hydrogen-bond acceptors (Lipinski definition) is 7. The second-order valence-corrected chi connectivity index (χ2v) is 4.50. The summed E-state index contributed by atoms with van der Waals surface area (Å²) in [5, 5.41) is 4.09. The third-order valence-electron chi connectivity index (χ3n) is 3.10. The first-order valence-electron chi connectivity index (χ1n) is 6.42. The first kappa shape index (κ1) is 12.4. The smallest absolute Gasteiger partial charge is 0.348 e. The van der Waals surface area contributed by atoms with Gasteiger partial charge < -0.3 is 14.5 Å². The summed E-state index contributed by atoms with van der Waals surface area (Å²) in [6.45, 7) is 0.226. The van der Waals surface area contributed by atoms with Gasteiger partial charge in [0.05, 0.1) is 12.5 Å². The maximum atomic E-state index is 11.4. The van der Waals surface area contributed by atoms with Crippen LogP contribution in [-0.4, -0.2) is 32.9 Å². The van der Waals surface area contributed by atoms with Crippen LogP contribution < -0.4 is 20.6 Å². The standard InChI is InChI=1S/C13H10N6O3/c20-13-17-11-10(14-5-15-11)12(18-13)19-16-4-7-1-2-8-9(3-7)22-6-21-8/h1-5H,6H2,(H3,14,15,17,18,19,20). The molecule has 3 heterocycles. The van der Waals surface area contributed by atoms with Crippen LogP contribution in [0.2, 0.25) is 0 Å². The summed E-state index contributed by atoms with van der Waals surface area (Å²) in [7, 11) is 0. The van der Waals surface area contributed by atoms with Crippen molar-refractivity contribution in [2.75, 3.05) is 12.2 Å². The van der Waals surface area contributed by atoms with Crippen molar-refractivity contribution in [1.82, 2.24) is 19.9 Å². The van der Waals surface area contributed by atoms with Gasteiger partial charge in [-0.05, 0) is 23.8 Å². The molecule has 0 fully saturated rings. The zero-order chi connectivity index (χ0) is 14.9. The Morgan fingerprint density at radius 3 is 3.18 bits per heavy atom. The van der Waals surface area contributed by atoms with E-state index in [2.05, 4.69) is 30.5 Å². The van der Waals surface area contributed by atoms with Gasteiger partial charge in [-0.1, -0.05) is 0 Å². The van der Waals surface area contributed by atoms with E-state index in [0.29, 0.717) is 28.5 Å². The molecule has 0 atom stereocenters. The number of H-pyrrole nitrogens is 2. The van der Waals surface area contributed by atoms with Gasteiger partial charge in [-0.3, -0.25) is 10.4 Å². The third kappa shape index (κ3) is 2.14. The quantitative estimate of drug-likeness (QED) is 0.487. The zero-order valence-corrected chi connectivity index (χ0v) is 11.2. The molecule has 0 amide bonds. The molecular weight excluding hydrogens is 288 g/mol. The predicted octanol–water partition coefficient (Wildman–Crippen LogP) is 0.821. The highest BCUT2D eigenvalue weighted by Gasteiger charge is 2.12. The largest absolute Gasteiger partial charge is 0.454 e. The van der Waals surface area contributed by atoms with Crippen molar-refractivity contribution in [2.45, 2.75) is 0 Å². The molecule has 0 radical (unpaired) electrons. The van der Waals surface area contributed by atoms with Gasteiger partial charge >= 0.3 is 5.69 Å². The molecule has 9 nitrogen and oxygen atoms in total. The number of rotatable bonds is 3. The van der Waals surface area contributed by atoms with Crippen LogP contribution in [0.3, 0.4) is 0 Å². The second-order valence-electron chi connectivity index (χ2n) is 4.50. The van der Waals surface area contributed by atoms with Gasteiger partial charge in [0.2, 0.25) is 6.79 Å². The van der Waals surface area contributed by atoms with Gasteiger partial charge in [0.1, 0.15) is 5.52 Å². The van der Waals surface area contributed by atoms with Gasteiger partial charge in [-0.25, -0.2) is 9.78 Å². The van der Waals surface area contributed by atoms with Crippen LogP contribution in [0.1, 0.15) is 5.56 Å². The van der Waals surface area contributed by atoms with Crippen LogP contribution >= 0.6 is 0 Å². The number of ether oxygens (including phenoxy) is 2. The number of fused-ring (bicyclic) bond motifs is 2. The van der Waals surface area contributed by atoms with Crippen molar-refractivity contribution >= 4 is 23.2 Å². The van der Waals surface area contributed by atoms with E-state index in [0.717, 1.165) is 5.56 Å². The molecule has 0 saturated carbocycles. The topological polar surface area (TPSA) is 117 Å². The number of nitrogens with zero attached hydrogens (tertiary/aromatic N) is 3. The van der Waals surface area contributed by atoms with Gasteiger partial charge in [-0.2, -0.15) is 10.1 Å². The molecule has 110 valence electrons. The molecule has 0 saturated heterocycles. The summed E-state index contributed by atoms with van der Waals surface area (Å²) < 4.78 is 10.5. The molecule has 3 aromatic rings. The Hall–Kier alpha value is -3.36. The Balaban J connectivity index is 1.58. The summed E-state index contributed by atoms with van der Waals surface area (Å²) >= 11 is 0. The lowest BCUT2D eigenvalue weighted by molar-refractivity contribution is 0.174. The average Bonchev–Trinajstić information content (AvgIpc) is 3.14. The van der Waals surface area contributed by atoms with E-state index in [1.165, 1.54) is 6.33 Å². The Kier molecular flexibility index (Phi) is 2.75. The molecule has 0 bridgehead atoms. The van der Waals surface area contributed by atoms with E-state index in [1.54, 1.807) is 6.21 Å². The van der Waals surface area contributed by atoms with Crippen LogP contribution in [-0.2, 0) is 0 Å². The fraction of sp³-hybridized carbons (Fsp3) is 0.0769. The minimum atomic E-state index is -0.500. The number of benzene rings is 1.